The number of urea groups is 1. The van der Waals surface area contributed by atoms with Crippen molar-refractivity contribution >= 4 is 35.2 Å². The number of halogens is 1. The normalized spacial score (nSPS) is 10.4. The zero-order valence-electron chi connectivity index (χ0n) is 18.3. The number of methoxy groups -OCH3 is 1. The number of aryl methyl sites for hydroxylation is 2. The number of nitrogens with zero attached hydrogens (tertiary/aromatic N) is 2. The summed E-state index contributed by atoms with van der Waals surface area (Å²) in [6, 6.07) is 13.6. The van der Waals surface area contributed by atoms with Gasteiger partial charge in [0.25, 0.3) is 5.91 Å². The van der Waals surface area contributed by atoms with Crippen LogP contribution in [0.4, 0.5) is 10.5 Å². The number of rotatable bonds is 7. The largest absolute Gasteiger partial charge is 0.497 e. The summed E-state index contributed by atoms with van der Waals surface area (Å²) in [5, 5.41) is 8.98. The molecule has 10 heteroatoms. The van der Waals surface area contributed by atoms with Gasteiger partial charge >= 0.3 is 12.0 Å². The van der Waals surface area contributed by atoms with Crippen LogP contribution in [0.2, 0.25) is 5.15 Å². The van der Waals surface area contributed by atoms with E-state index in [4.69, 9.17) is 21.1 Å². The molecule has 0 radical (unpaired) electrons. The molecule has 0 unspecified atom stereocenters. The van der Waals surface area contributed by atoms with Crippen LogP contribution in [-0.4, -0.2) is 41.4 Å². The second kappa shape index (κ2) is 10.6. The monoisotopic (exact) mass is 470 g/mol. The lowest BCUT2D eigenvalue weighted by molar-refractivity contribution is -0.123. The summed E-state index contributed by atoms with van der Waals surface area (Å²) >= 11 is 6.34. The van der Waals surface area contributed by atoms with Gasteiger partial charge in [-0.25, -0.2) is 14.3 Å². The lowest BCUT2D eigenvalue weighted by atomic mass is 10.1. The molecule has 3 aromatic rings. The number of carbonyl (C=O) groups is 3. The Morgan fingerprint density at radius 2 is 1.70 bits per heavy atom. The average Bonchev–Trinajstić information content (AvgIpc) is 3.06. The van der Waals surface area contributed by atoms with Crippen molar-refractivity contribution in [3.63, 3.8) is 0 Å². The smallest absolute Gasteiger partial charge is 0.343 e. The molecule has 3 amide bonds. The summed E-state index contributed by atoms with van der Waals surface area (Å²) in [5.41, 5.74) is 2.99. The molecular formula is C23H23ClN4O5. The van der Waals surface area contributed by atoms with Gasteiger partial charge in [0.2, 0.25) is 0 Å². The Bertz CT molecular complexity index is 1160. The van der Waals surface area contributed by atoms with Crippen molar-refractivity contribution in [3.8, 4) is 5.75 Å². The van der Waals surface area contributed by atoms with Crippen molar-refractivity contribution in [1.29, 1.82) is 0 Å². The fourth-order valence-electron chi connectivity index (χ4n) is 2.96. The standard InChI is InChI=1S/C23H23ClN4O5/c1-14-4-6-16(7-5-14)12-28-21(24)20(15(2)27-28)22(30)33-13-19(29)26-23(31)25-17-8-10-18(32-3)11-9-17/h4-11H,12-13H2,1-3H3,(H2,25,26,29,31). The summed E-state index contributed by atoms with van der Waals surface area (Å²) < 4.78 is 11.5. The number of benzene rings is 2. The maximum atomic E-state index is 12.5. The molecule has 0 aliphatic heterocycles. The number of amides is 3. The minimum atomic E-state index is -0.807. The van der Waals surface area contributed by atoms with E-state index < -0.39 is 24.5 Å². The van der Waals surface area contributed by atoms with Gasteiger partial charge < -0.3 is 14.8 Å². The number of anilines is 1. The van der Waals surface area contributed by atoms with Gasteiger partial charge in [0, 0.05) is 5.69 Å². The van der Waals surface area contributed by atoms with Gasteiger partial charge in [0.1, 0.15) is 16.5 Å². The Morgan fingerprint density at radius 3 is 2.33 bits per heavy atom. The van der Waals surface area contributed by atoms with Crippen molar-refractivity contribution in [2.45, 2.75) is 20.4 Å². The molecule has 2 N–H and O–H groups in total. The maximum Gasteiger partial charge on any atom is 0.343 e. The van der Waals surface area contributed by atoms with Gasteiger partial charge in [0.05, 0.1) is 19.3 Å². The van der Waals surface area contributed by atoms with Crippen LogP contribution in [0.25, 0.3) is 0 Å². The predicted molar refractivity (Wildman–Crippen MR) is 123 cm³/mol. The van der Waals surface area contributed by atoms with Crippen molar-refractivity contribution < 1.29 is 23.9 Å². The number of aromatic nitrogens is 2. The second-order valence-corrected chi connectivity index (χ2v) is 7.56. The van der Waals surface area contributed by atoms with E-state index in [0.29, 0.717) is 23.7 Å². The van der Waals surface area contributed by atoms with Crippen molar-refractivity contribution in [3.05, 3.63) is 76.1 Å². The second-order valence-electron chi connectivity index (χ2n) is 7.20. The first kappa shape index (κ1) is 23.8. The van der Waals surface area contributed by atoms with Crippen LogP contribution >= 0.6 is 11.6 Å². The van der Waals surface area contributed by atoms with Gasteiger partial charge in [-0.15, -0.1) is 0 Å². The number of hydrogen-bond donors (Lipinski definition) is 2. The van der Waals surface area contributed by atoms with Crippen LogP contribution in [0.5, 0.6) is 5.75 Å². The number of carbonyl (C=O) groups excluding carboxylic acids is 3. The summed E-state index contributed by atoms with van der Waals surface area (Å²) in [6.45, 7) is 3.32. The average molecular weight is 471 g/mol. The van der Waals surface area contributed by atoms with E-state index >= 15 is 0 Å². The highest BCUT2D eigenvalue weighted by Crippen LogP contribution is 2.22. The molecule has 2 aromatic carbocycles. The maximum absolute atomic E-state index is 12.5. The zero-order chi connectivity index (χ0) is 24.0. The van der Waals surface area contributed by atoms with Crippen molar-refractivity contribution in [2.24, 2.45) is 0 Å². The number of nitrogens with one attached hydrogen (secondary N) is 2. The van der Waals surface area contributed by atoms with E-state index in [-0.39, 0.29) is 10.7 Å². The first-order valence-corrected chi connectivity index (χ1v) is 10.3. The SMILES string of the molecule is COc1ccc(NC(=O)NC(=O)COC(=O)c2c(C)nn(Cc3ccc(C)cc3)c2Cl)cc1. The molecule has 0 aliphatic rings. The molecule has 3 rings (SSSR count). The van der Waals surface area contributed by atoms with E-state index in [1.54, 1.807) is 31.2 Å². The van der Waals surface area contributed by atoms with E-state index in [9.17, 15) is 14.4 Å². The minimum Gasteiger partial charge on any atom is -0.497 e. The quantitative estimate of drug-likeness (QED) is 0.509. The summed E-state index contributed by atoms with van der Waals surface area (Å²) in [7, 11) is 1.53. The molecule has 0 fully saturated rings. The number of imide groups is 1. The number of ether oxygens (including phenoxy) is 2. The molecule has 0 atom stereocenters. The molecular weight excluding hydrogens is 448 g/mol. The molecule has 0 bridgehead atoms. The zero-order valence-corrected chi connectivity index (χ0v) is 19.1. The molecule has 33 heavy (non-hydrogen) atoms. The Morgan fingerprint density at radius 1 is 1.03 bits per heavy atom. The molecule has 0 saturated heterocycles. The highest BCUT2D eigenvalue weighted by Gasteiger charge is 2.23. The lowest BCUT2D eigenvalue weighted by Crippen LogP contribution is -2.37. The number of esters is 1. The molecule has 1 aromatic heterocycles. The van der Waals surface area contributed by atoms with Gasteiger partial charge in [-0.05, 0) is 43.7 Å². The van der Waals surface area contributed by atoms with Crippen LogP contribution in [-0.2, 0) is 16.1 Å². The van der Waals surface area contributed by atoms with E-state index in [1.807, 2.05) is 31.2 Å². The molecule has 1 heterocycles. The Labute approximate surface area is 195 Å². The number of hydrogen-bond acceptors (Lipinski definition) is 6. The van der Waals surface area contributed by atoms with Gasteiger partial charge in [0.15, 0.2) is 6.61 Å². The third kappa shape index (κ3) is 6.33. The van der Waals surface area contributed by atoms with Gasteiger partial charge in [-0.3, -0.25) is 10.1 Å². The predicted octanol–water partition coefficient (Wildman–Crippen LogP) is 3.72. The fraction of sp³-hybridized carbons (Fsp3) is 0.217. The van der Waals surface area contributed by atoms with Crippen LogP contribution in [0.1, 0.15) is 27.2 Å². The van der Waals surface area contributed by atoms with E-state index in [2.05, 4.69) is 15.7 Å². The van der Waals surface area contributed by atoms with Crippen molar-refractivity contribution in [2.75, 3.05) is 19.0 Å². The minimum absolute atomic E-state index is 0.0688. The first-order valence-electron chi connectivity index (χ1n) is 9.97. The molecule has 172 valence electrons. The molecule has 0 saturated carbocycles. The third-order valence-electron chi connectivity index (χ3n) is 4.66. The highest BCUT2D eigenvalue weighted by molar-refractivity contribution is 6.32. The Kier molecular flexibility index (Phi) is 7.68. The third-order valence-corrected chi connectivity index (χ3v) is 5.04. The van der Waals surface area contributed by atoms with Gasteiger partial charge in [-0.2, -0.15) is 5.10 Å². The van der Waals surface area contributed by atoms with Crippen LogP contribution in [0, 0.1) is 13.8 Å². The highest BCUT2D eigenvalue weighted by atomic mass is 35.5. The van der Waals surface area contributed by atoms with E-state index in [0.717, 1.165) is 11.1 Å². The molecule has 0 aliphatic carbocycles. The lowest BCUT2D eigenvalue weighted by Gasteiger charge is -2.08. The van der Waals surface area contributed by atoms with Crippen LogP contribution in [0.15, 0.2) is 48.5 Å². The summed E-state index contributed by atoms with van der Waals surface area (Å²) in [5.74, 6) is -0.978. The van der Waals surface area contributed by atoms with E-state index in [1.165, 1.54) is 11.8 Å². The fourth-order valence-corrected chi connectivity index (χ4v) is 3.27. The van der Waals surface area contributed by atoms with Crippen molar-refractivity contribution in [1.82, 2.24) is 15.1 Å². The Hall–Kier alpha value is -3.85. The topological polar surface area (TPSA) is 112 Å². The van der Waals surface area contributed by atoms with Crippen LogP contribution < -0.4 is 15.4 Å². The summed E-state index contributed by atoms with van der Waals surface area (Å²) in [6.07, 6.45) is 0. The van der Waals surface area contributed by atoms with Gasteiger partial charge in [-0.1, -0.05) is 41.4 Å². The first-order chi connectivity index (χ1) is 15.8. The van der Waals surface area contributed by atoms with Crippen LogP contribution in [0.3, 0.4) is 0 Å². The summed E-state index contributed by atoms with van der Waals surface area (Å²) in [4.78, 5) is 36.4. The Balaban J connectivity index is 1.54. The molecule has 0 spiro atoms. The molecule has 9 nitrogen and oxygen atoms in total.